The lowest BCUT2D eigenvalue weighted by Crippen LogP contribution is -2.34. The van der Waals surface area contributed by atoms with E-state index in [4.69, 9.17) is 12.2 Å². The van der Waals surface area contributed by atoms with Gasteiger partial charge in [0, 0.05) is 22.9 Å². The minimum Gasteiger partial charge on any atom is -0.332 e. The van der Waals surface area contributed by atoms with Gasteiger partial charge in [-0.25, -0.2) is 0 Å². The molecule has 0 unspecified atom stereocenters. The molecule has 27 heavy (non-hydrogen) atoms. The second kappa shape index (κ2) is 8.20. The van der Waals surface area contributed by atoms with Crippen molar-refractivity contribution < 1.29 is 9.72 Å². The summed E-state index contributed by atoms with van der Waals surface area (Å²) in [5.41, 5.74) is 2.11. The molecule has 0 heterocycles. The number of nitro groups is 1. The summed E-state index contributed by atoms with van der Waals surface area (Å²) in [6.07, 6.45) is 0. The van der Waals surface area contributed by atoms with Crippen molar-refractivity contribution in [2.24, 2.45) is 0 Å². The molecular weight excluding hydrogens is 362 g/mol. The highest BCUT2D eigenvalue weighted by atomic mass is 32.1. The highest BCUT2D eigenvalue weighted by Gasteiger charge is 2.17. The Morgan fingerprint density at radius 1 is 0.852 bits per heavy atom. The quantitative estimate of drug-likeness (QED) is 0.400. The number of rotatable bonds is 4. The Bertz CT molecular complexity index is 1010. The zero-order chi connectivity index (χ0) is 19.2. The standard InChI is InChI=1S/C20H15N3O3S/c24-19(14-8-2-1-3-9-14)22-20(27)21-17-12-6-4-10-15(17)16-11-5-7-13-18(16)23(25)26/h1-13H,(H2,21,22,24,27). The van der Waals surface area contributed by atoms with Crippen molar-refractivity contribution >= 4 is 34.6 Å². The van der Waals surface area contributed by atoms with Crippen LogP contribution < -0.4 is 10.6 Å². The summed E-state index contributed by atoms with van der Waals surface area (Å²) >= 11 is 5.23. The van der Waals surface area contributed by atoms with Crippen molar-refractivity contribution in [1.29, 1.82) is 0 Å². The predicted molar refractivity (Wildman–Crippen MR) is 109 cm³/mol. The highest BCUT2D eigenvalue weighted by molar-refractivity contribution is 7.80. The number of nitrogens with one attached hydrogen (secondary N) is 2. The van der Waals surface area contributed by atoms with Gasteiger partial charge in [-0.05, 0) is 36.5 Å². The number of thiocarbonyl (C=S) groups is 1. The first-order valence-electron chi connectivity index (χ1n) is 8.06. The van der Waals surface area contributed by atoms with Crippen LogP contribution in [-0.2, 0) is 0 Å². The first-order chi connectivity index (χ1) is 13.1. The Morgan fingerprint density at radius 2 is 1.44 bits per heavy atom. The maximum absolute atomic E-state index is 12.2. The molecule has 0 saturated carbocycles. The van der Waals surface area contributed by atoms with E-state index in [-0.39, 0.29) is 16.7 Å². The molecule has 0 bridgehead atoms. The fourth-order valence-electron chi connectivity index (χ4n) is 2.61. The van der Waals surface area contributed by atoms with Gasteiger partial charge in [0.1, 0.15) is 0 Å². The normalized spacial score (nSPS) is 10.1. The monoisotopic (exact) mass is 377 g/mol. The molecule has 6 nitrogen and oxygen atoms in total. The van der Waals surface area contributed by atoms with E-state index in [9.17, 15) is 14.9 Å². The van der Waals surface area contributed by atoms with Gasteiger partial charge >= 0.3 is 0 Å². The number of amides is 1. The van der Waals surface area contributed by atoms with Crippen molar-refractivity contribution in [3.05, 3.63) is 94.5 Å². The van der Waals surface area contributed by atoms with Crippen LogP contribution in [0.25, 0.3) is 11.1 Å². The number of nitrogens with zero attached hydrogens (tertiary/aromatic N) is 1. The summed E-state index contributed by atoms with van der Waals surface area (Å²) < 4.78 is 0. The smallest absolute Gasteiger partial charge is 0.277 e. The maximum Gasteiger partial charge on any atom is 0.277 e. The van der Waals surface area contributed by atoms with Crippen LogP contribution in [0.1, 0.15) is 10.4 Å². The average Bonchev–Trinajstić information content (AvgIpc) is 2.69. The van der Waals surface area contributed by atoms with Gasteiger partial charge in [-0.2, -0.15) is 0 Å². The van der Waals surface area contributed by atoms with E-state index in [1.165, 1.54) is 6.07 Å². The second-order valence-electron chi connectivity index (χ2n) is 5.59. The molecule has 0 aliphatic heterocycles. The van der Waals surface area contributed by atoms with E-state index in [1.807, 2.05) is 6.07 Å². The number of nitro benzene ring substituents is 1. The SMILES string of the molecule is O=C(NC(=S)Nc1ccccc1-c1ccccc1[N+](=O)[O-])c1ccccc1. The van der Waals surface area contributed by atoms with E-state index in [2.05, 4.69) is 10.6 Å². The van der Waals surface area contributed by atoms with Crippen LogP contribution in [0.4, 0.5) is 11.4 Å². The molecule has 0 spiro atoms. The lowest BCUT2D eigenvalue weighted by Gasteiger charge is -2.14. The summed E-state index contributed by atoms with van der Waals surface area (Å²) in [6, 6.07) is 22.2. The van der Waals surface area contributed by atoms with E-state index in [1.54, 1.807) is 66.7 Å². The van der Waals surface area contributed by atoms with Gasteiger partial charge in [0.25, 0.3) is 11.6 Å². The fraction of sp³-hybridized carbons (Fsp3) is 0. The van der Waals surface area contributed by atoms with Gasteiger partial charge in [-0.1, -0.05) is 48.5 Å². The maximum atomic E-state index is 12.2. The van der Waals surface area contributed by atoms with Crippen LogP contribution in [-0.4, -0.2) is 15.9 Å². The predicted octanol–water partition coefficient (Wildman–Crippen LogP) is 4.39. The summed E-state index contributed by atoms with van der Waals surface area (Å²) in [5.74, 6) is -0.337. The van der Waals surface area contributed by atoms with Crippen molar-refractivity contribution in [1.82, 2.24) is 5.32 Å². The summed E-state index contributed by atoms with van der Waals surface area (Å²) in [5, 5.41) is 17.0. The molecule has 0 aromatic heterocycles. The Hall–Kier alpha value is -3.58. The largest absolute Gasteiger partial charge is 0.332 e. The highest BCUT2D eigenvalue weighted by Crippen LogP contribution is 2.34. The molecule has 3 rings (SSSR count). The summed E-state index contributed by atoms with van der Waals surface area (Å²) in [6.45, 7) is 0. The molecule has 0 aliphatic rings. The van der Waals surface area contributed by atoms with Crippen LogP contribution in [0.2, 0.25) is 0 Å². The molecule has 3 aromatic carbocycles. The second-order valence-corrected chi connectivity index (χ2v) is 6.00. The number of anilines is 1. The number of carbonyl (C=O) groups is 1. The van der Waals surface area contributed by atoms with Crippen molar-refractivity contribution in [2.45, 2.75) is 0 Å². The minimum absolute atomic E-state index is 0.00834. The molecule has 2 N–H and O–H groups in total. The van der Waals surface area contributed by atoms with Crippen LogP contribution in [0.15, 0.2) is 78.9 Å². The molecule has 134 valence electrons. The van der Waals surface area contributed by atoms with Gasteiger partial charge < -0.3 is 5.32 Å². The van der Waals surface area contributed by atoms with Crippen LogP contribution in [0.5, 0.6) is 0 Å². The molecule has 0 fully saturated rings. The first kappa shape index (κ1) is 18.2. The van der Waals surface area contributed by atoms with Gasteiger partial charge in [-0.15, -0.1) is 0 Å². The molecule has 7 heteroatoms. The molecule has 1 amide bonds. The lowest BCUT2D eigenvalue weighted by molar-refractivity contribution is -0.384. The third-order valence-electron chi connectivity index (χ3n) is 3.83. The van der Waals surface area contributed by atoms with Gasteiger partial charge in [-0.3, -0.25) is 20.2 Å². The van der Waals surface area contributed by atoms with Gasteiger partial charge in [0.05, 0.1) is 10.5 Å². The Kier molecular flexibility index (Phi) is 5.53. The minimum atomic E-state index is -0.429. The van der Waals surface area contributed by atoms with Crippen LogP contribution in [0.3, 0.4) is 0 Å². The van der Waals surface area contributed by atoms with Gasteiger partial charge in [0.2, 0.25) is 0 Å². The average molecular weight is 377 g/mol. The van der Waals surface area contributed by atoms with Crippen molar-refractivity contribution in [3.63, 3.8) is 0 Å². The zero-order valence-electron chi connectivity index (χ0n) is 14.1. The van der Waals surface area contributed by atoms with E-state index >= 15 is 0 Å². The zero-order valence-corrected chi connectivity index (χ0v) is 14.9. The third kappa shape index (κ3) is 4.34. The third-order valence-corrected chi connectivity index (χ3v) is 4.03. The van der Waals surface area contributed by atoms with Crippen molar-refractivity contribution in [3.8, 4) is 11.1 Å². The number of para-hydroxylation sites is 2. The molecular formula is C20H15N3O3S. The van der Waals surface area contributed by atoms with E-state index in [0.717, 1.165) is 0 Å². The number of benzene rings is 3. The van der Waals surface area contributed by atoms with Crippen molar-refractivity contribution in [2.75, 3.05) is 5.32 Å². The molecule has 0 radical (unpaired) electrons. The van der Waals surface area contributed by atoms with Crippen LogP contribution >= 0.6 is 12.2 Å². The topological polar surface area (TPSA) is 84.3 Å². The molecule has 0 aliphatic carbocycles. The molecule has 3 aromatic rings. The van der Waals surface area contributed by atoms with Gasteiger partial charge in [0.15, 0.2) is 5.11 Å². The number of hydrogen-bond donors (Lipinski definition) is 2. The Morgan fingerprint density at radius 3 is 2.15 bits per heavy atom. The number of hydrogen-bond acceptors (Lipinski definition) is 4. The Balaban J connectivity index is 1.84. The fourth-order valence-corrected chi connectivity index (χ4v) is 2.81. The van der Waals surface area contributed by atoms with E-state index < -0.39 is 4.92 Å². The summed E-state index contributed by atoms with van der Waals surface area (Å²) in [7, 11) is 0. The molecule has 0 atom stereocenters. The first-order valence-corrected chi connectivity index (χ1v) is 8.47. The molecule has 0 saturated heterocycles. The van der Waals surface area contributed by atoms with Crippen LogP contribution in [0, 0.1) is 10.1 Å². The van der Waals surface area contributed by atoms with E-state index in [0.29, 0.717) is 22.4 Å². The number of carbonyl (C=O) groups excluding carboxylic acids is 1. The lowest BCUT2D eigenvalue weighted by atomic mass is 10.0. The summed E-state index contributed by atoms with van der Waals surface area (Å²) in [4.78, 5) is 23.1. The Labute approximate surface area is 161 Å².